The van der Waals surface area contributed by atoms with Crippen LogP contribution in [0.3, 0.4) is 0 Å². The van der Waals surface area contributed by atoms with Crippen LogP contribution in [0.1, 0.15) is 27.2 Å². The summed E-state index contributed by atoms with van der Waals surface area (Å²) >= 11 is 3.27. The summed E-state index contributed by atoms with van der Waals surface area (Å²) in [6, 6.07) is 6.26. The third-order valence-corrected chi connectivity index (χ3v) is 3.40. The molecule has 1 aromatic heterocycles. The van der Waals surface area contributed by atoms with E-state index in [2.05, 4.69) is 20.9 Å². The molecular weight excluding hydrogens is 349 g/mol. The first-order valence-electron chi connectivity index (χ1n) is 5.75. The van der Waals surface area contributed by atoms with Crippen LogP contribution in [0.15, 0.2) is 41.0 Å². The fourth-order valence-corrected chi connectivity index (χ4v) is 2.09. The van der Waals surface area contributed by atoms with Gasteiger partial charge in [-0.1, -0.05) is 6.07 Å². The van der Waals surface area contributed by atoms with Gasteiger partial charge in [0.2, 0.25) is 5.91 Å². The number of rotatable bonds is 3. The van der Waals surface area contributed by atoms with Crippen molar-refractivity contribution in [3.05, 3.63) is 69.8 Å². The Bertz CT molecular complexity index is 686. The molecule has 0 aliphatic carbocycles. The van der Waals surface area contributed by atoms with Crippen molar-refractivity contribution in [2.45, 2.75) is 6.18 Å². The van der Waals surface area contributed by atoms with Crippen LogP contribution in [0.2, 0.25) is 0 Å². The number of primary amides is 1. The maximum Gasteiger partial charge on any atom is 0.416 e. The molecule has 3 nitrogen and oxygen atoms in total. The second kappa shape index (κ2) is 5.85. The zero-order chi connectivity index (χ0) is 15.6. The molecule has 1 heterocycles. The van der Waals surface area contributed by atoms with Gasteiger partial charge in [-0.15, -0.1) is 0 Å². The summed E-state index contributed by atoms with van der Waals surface area (Å²) in [5.74, 6) is -0.931. The Morgan fingerprint density at radius 1 is 1.29 bits per heavy atom. The van der Waals surface area contributed by atoms with Crippen molar-refractivity contribution in [3.63, 3.8) is 0 Å². The van der Waals surface area contributed by atoms with Crippen LogP contribution in [0, 0.1) is 6.42 Å². The number of hydrogen-bond acceptors (Lipinski definition) is 2. The number of halogens is 4. The second-order valence-electron chi connectivity index (χ2n) is 4.18. The van der Waals surface area contributed by atoms with Crippen molar-refractivity contribution in [3.8, 4) is 0 Å². The quantitative estimate of drug-likeness (QED) is 0.912. The molecule has 2 aromatic rings. The lowest BCUT2D eigenvalue weighted by molar-refractivity contribution is -0.137. The zero-order valence-corrected chi connectivity index (χ0v) is 12.1. The third kappa shape index (κ3) is 3.60. The minimum absolute atomic E-state index is 0.206. The summed E-state index contributed by atoms with van der Waals surface area (Å²) in [5.41, 5.74) is 4.79. The molecule has 0 aliphatic heterocycles. The predicted molar refractivity (Wildman–Crippen MR) is 74.4 cm³/mol. The normalized spacial score (nSPS) is 11.4. The Kier molecular flexibility index (Phi) is 4.32. The molecule has 0 bridgehead atoms. The molecule has 7 heteroatoms. The zero-order valence-electron chi connectivity index (χ0n) is 10.5. The number of amides is 1. The molecule has 0 saturated carbocycles. The monoisotopic (exact) mass is 357 g/mol. The molecule has 0 unspecified atom stereocenters. The Labute approximate surface area is 127 Å². The fraction of sp³-hybridized carbons (Fsp3) is 0.0714. The highest BCUT2D eigenvalue weighted by atomic mass is 79.9. The highest BCUT2D eigenvalue weighted by Crippen LogP contribution is 2.31. The van der Waals surface area contributed by atoms with E-state index in [1.54, 1.807) is 12.1 Å². The van der Waals surface area contributed by atoms with Gasteiger partial charge in [-0.2, -0.15) is 13.2 Å². The first-order chi connectivity index (χ1) is 9.79. The molecule has 0 spiro atoms. The van der Waals surface area contributed by atoms with E-state index in [1.165, 1.54) is 18.7 Å². The molecule has 2 N–H and O–H groups in total. The van der Waals surface area contributed by atoms with Gasteiger partial charge in [-0.3, -0.25) is 9.78 Å². The van der Waals surface area contributed by atoms with E-state index in [1.807, 2.05) is 0 Å². The largest absolute Gasteiger partial charge is 0.416 e. The van der Waals surface area contributed by atoms with E-state index in [0.717, 1.165) is 12.1 Å². The Morgan fingerprint density at radius 3 is 2.57 bits per heavy atom. The number of hydrogen-bond donors (Lipinski definition) is 1. The first kappa shape index (κ1) is 15.5. The molecule has 1 aromatic carbocycles. The summed E-state index contributed by atoms with van der Waals surface area (Å²) in [7, 11) is 0. The van der Waals surface area contributed by atoms with Gasteiger partial charge < -0.3 is 5.73 Å². The smallest absolute Gasteiger partial charge is 0.366 e. The fourth-order valence-electron chi connectivity index (χ4n) is 1.72. The van der Waals surface area contributed by atoms with Gasteiger partial charge >= 0.3 is 6.18 Å². The highest BCUT2D eigenvalue weighted by Gasteiger charge is 2.31. The van der Waals surface area contributed by atoms with Gasteiger partial charge in [0.25, 0.3) is 0 Å². The van der Waals surface area contributed by atoms with Crippen molar-refractivity contribution in [2.24, 2.45) is 5.73 Å². The number of nitrogens with two attached hydrogens (primary N) is 1. The van der Waals surface area contributed by atoms with E-state index in [9.17, 15) is 18.0 Å². The van der Waals surface area contributed by atoms with Gasteiger partial charge in [0.05, 0.1) is 11.3 Å². The molecule has 1 radical (unpaired) electrons. The van der Waals surface area contributed by atoms with Crippen molar-refractivity contribution in [1.82, 2.24) is 4.98 Å². The van der Waals surface area contributed by atoms with E-state index >= 15 is 0 Å². The SMILES string of the molecule is NC(=O)c1cc(C(F)(F)F)ccc1[CH]c1ncccc1Br. The number of carbonyl (C=O) groups is 1. The average molecular weight is 358 g/mol. The number of carbonyl (C=O) groups excluding carboxylic acids is 1. The molecule has 2 rings (SSSR count). The third-order valence-electron chi connectivity index (χ3n) is 2.73. The molecule has 0 atom stereocenters. The van der Waals surface area contributed by atoms with Gasteiger partial charge in [-0.05, 0) is 45.8 Å². The van der Waals surface area contributed by atoms with Gasteiger partial charge in [0.1, 0.15) is 0 Å². The lowest BCUT2D eigenvalue weighted by atomic mass is 9.99. The lowest BCUT2D eigenvalue weighted by Crippen LogP contribution is -2.16. The van der Waals surface area contributed by atoms with Gasteiger partial charge in [0.15, 0.2) is 0 Å². The highest BCUT2D eigenvalue weighted by molar-refractivity contribution is 9.10. The number of alkyl halides is 3. The Balaban J connectivity index is 2.45. The Hall–Kier alpha value is -1.89. The minimum Gasteiger partial charge on any atom is -0.366 e. The number of pyridine rings is 1. The average Bonchev–Trinajstić information content (AvgIpc) is 2.40. The summed E-state index contributed by atoms with van der Waals surface area (Å²) in [4.78, 5) is 15.4. The van der Waals surface area contributed by atoms with Crippen LogP contribution < -0.4 is 5.73 Å². The lowest BCUT2D eigenvalue weighted by Gasteiger charge is -2.11. The van der Waals surface area contributed by atoms with Crippen LogP contribution >= 0.6 is 15.9 Å². The van der Waals surface area contributed by atoms with E-state index in [4.69, 9.17) is 5.73 Å². The van der Waals surface area contributed by atoms with Crippen LogP contribution in [0.4, 0.5) is 13.2 Å². The summed E-state index contributed by atoms with van der Waals surface area (Å²) in [6.45, 7) is 0. The number of aromatic nitrogens is 1. The summed E-state index contributed by atoms with van der Waals surface area (Å²) in [6.07, 6.45) is -1.51. The van der Waals surface area contributed by atoms with E-state index in [0.29, 0.717) is 10.2 Å². The number of nitrogens with zero attached hydrogens (tertiary/aromatic N) is 1. The minimum atomic E-state index is -4.53. The molecule has 1 amide bonds. The van der Waals surface area contributed by atoms with Crippen molar-refractivity contribution in [2.75, 3.05) is 0 Å². The second-order valence-corrected chi connectivity index (χ2v) is 5.03. The Morgan fingerprint density at radius 2 is 2.00 bits per heavy atom. The topological polar surface area (TPSA) is 56.0 Å². The molecular formula is C14H9BrF3N2O. The molecule has 0 fully saturated rings. The first-order valence-corrected chi connectivity index (χ1v) is 6.54. The summed E-state index contributed by atoms with van der Waals surface area (Å²) in [5, 5.41) is 0. The van der Waals surface area contributed by atoms with Crippen LogP contribution in [-0.4, -0.2) is 10.9 Å². The maximum atomic E-state index is 12.7. The standard InChI is InChI=1S/C14H9BrF3N2O/c15-11-2-1-5-20-12(11)6-8-3-4-9(14(16,17)18)7-10(8)13(19)21/h1-7H,(H2,19,21). The van der Waals surface area contributed by atoms with Crippen molar-refractivity contribution >= 4 is 21.8 Å². The van der Waals surface area contributed by atoms with Crippen LogP contribution in [0.5, 0.6) is 0 Å². The van der Waals surface area contributed by atoms with Crippen LogP contribution in [0.25, 0.3) is 0 Å². The number of benzene rings is 1. The van der Waals surface area contributed by atoms with Crippen molar-refractivity contribution < 1.29 is 18.0 Å². The molecule has 21 heavy (non-hydrogen) atoms. The molecule has 109 valence electrons. The predicted octanol–water partition coefficient (Wildman–Crippen LogP) is 3.56. The maximum absolute atomic E-state index is 12.7. The van der Waals surface area contributed by atoms with Gasteiger partial charge in [0, 0.05) is 22.7 Å². The molecule has 0 aliphatic rings. The van der Waals surface area contributed by atoms with Crippen molar-refractivity contribution in [1.29, 1.82) is 0 Å². The summed E-state index contributed by atoms with van der Waals surface area (Å²) < 4.78 is 38.7. The van der Waals surface area contributed by atoms with Gasteiger partial charge in [-0.25, -0.2) is 0 Å². The van der Waals surface area contributed by atoms with Crippen LogP contribution in [-0.2, 0) is 6.18 Å². The molecule has 0 saturated heterocycles. The van der Waals surface area contributed by atoms with E-state index < -0.39 is 17.6 Å². The van der Waals surface area contributed by atoms with E-state index in [-0.39, 0.29) is 11.1 Å².